The number of nitrogens with zero attached hydrogens (tertiary/aromatic N) is 1. The van der Waals surface area contributed by atoms with E-state index in [2.05, 4.69) is 21.3 Å². The molecule has 1 unspecified atom stereocenters. The third-order valence-corrected chi connectivity index (χ3v) is 10.0. The van der Waals surface area contributed by atoms with Gasteiger partial charge in [-0.15, -0.1) is 0 Å². The number of piperidine rings is 1. The van der Waals surface area contributed by atoms with E-state index in [0.717, 1.165) is 28.2 Å². The summed E-state index contributed by atoms with van der Waals surface area (Å²) in [6.07, 6.45) is -2.92. The highest BCUT2D eigenvalue weighted by molar-refractivity contribution is 6.25. The van der Waals surface area contributed by atoms with Crippen LogP contribution in [0.4, 0.5) is 18.9 Å². The fraction of sp³-hybridized carbons (Fsp3) is 0.227. The van der Waals surface area contributed by atoms with E-state index in [1.54, 1.807) is 48.5 Å². The van der Waals surface area contributed by atoms with Crippen LogP contribution >= 0.6 is 0 Å². The Labute approximate surface area is 336 Å². The van der Waals surface area contributed by atoms with Gasteiger partial charge in [-0.1, -0.05) is 42.5 Å². The third-order valence-electron chi connectivity index (χ3n) is 10.0. The fourth-order valence-electron chi connectivity index (χ4n) is 7.07. The van der Waals surface area contributed by atoms with Gasteiger partial charge in [-0.2, -0.15) is 13.2 Å². The highest BCUT2D eigenvalue weighted by Crippen LogP contribution is 2.35. The molecule has 12 nitrogen and oxygen atoms in total. The Kier molecular flexibility index (Phi) is 11.7. The first kappa shape index (κ1) is 40.2. The van der Waals surface area contributed by atoms with Gasteiger partial charge in [0.25, 0.3) is 17.7 Å². The molecule has 6 amide bonds. The van der Waals surface area contributed by atoms with Gasteiger partial charge in [0.15, 0.2) is 0 Å². The van der Waals surface area contributed by atoms with Crippen molar-refractivity contribution in [2.45, 2.75) is 50.9 Å². The lowest BCUT2D eigenvalue weighted by Gasteiger charge is -2.27. The number of rotatable bonds is 14. The molecule has 0 aliphatic carbocycles. The lowest BCUT2D eigenvalue weighted by molar-refractivity contribution is -0.138. The highest BCUT2D eigenvalue weighted by atomic mass is 19.4. The van der Waals surface area contributed by atoms with Crippen LogP contribution in [0.15, 0.2) is 103 Å². The van der Waals surface area contributed by atoms with Crippen molar-refractivity contribution in [1.29, 1.82) is 0 Å². The lowest BCUT2D eigenvalue weighted by atomic mass is 10.0. The summed E-state index contributed by atoms with van der Waals surface area (Å²) in [7, 11) is 0. The molecule has 15 heteroatoms. The molecule has 2 heterocycles. The van der Waals surface area contributed by atoms with Crippen LogP contribution in [-0.4, -0.2) is 59.5 Å². The number of nitrogens with one attached hydrogen (secondary N) is 4. The van der Waals surface area contributed by atoms with Crippen LogP contribution in [0.2, 0.25) is 0 Å². The van der Waals surface area contributed by atoms with Crippen molar-refractivity contribution < 1.29 is 46.7 Å². The Bertz CT molecular complexity index is 2470. The zero-order valence-corrected chi connectivity index (χ0v) is 31.5. The summed E-state index contributed by atoms with van der Waals surface area (Å²) in [5, 5.41) is 12.6. The second kappa shape index (κ2) is 17.2. The van der Waals surface area contributed by atoms with Crippen molar-refractivity contribution in [2.24, 2.45) is 0 Å². The minimum absolute atomic E-state index is 0.0377. The number of unbranched alkanes of at least 4 members (excludes halogenated alkanes) is 1. The SMILES string of the molecule is O=C(Cc1cccc(CNC(=O)c2ccc3c(Oc4ccc(C(F)(F)F)cc4)cccc3c2)c1)NCCCCNc1cccc2c1C(=O)N(C1CCC(=O)NC1=O)C2=O. The number of ether oxygens (including phenoxy) is 1. The van der Waals surface area contributed by atoms with Gasteiger partial charge in [-0.25, -0.2) is 0 Å². The molecular weight excluding hydrogens is 768 g/mol. The van der Waals surface area contributed by atoms with Crippen LogP contribution in [0.1, 0.15) is 73.4 Å². The van der Waals surface area contributed by atoms with E-state index in [1.165, 1.54) is 18.2 Å². The number of benzene rings is 5. The average molecular weight is 806 g/mol. The van der Waals surface area contributed by atoms with E-state index in [-0.39, 0.29) is 54.5 Å². The zero-order chi connectivity index (χ0) is 41.7. The molecule has 2 aliphatic rings. The van der Waals surface area contributed by atoms with Crippen molar-refractivity contribution >= 4 is 51.9 Å². The molecule has 5 aromatic rings. The molecule has 7 rings (SSSR count). The number of anilines is 1. The van der Waals surface area contributed by atoms with E-state index in [9.17, 15) is 41.9 Å². The van der Waals surface area contributed by atoms with E-state index >= 15 is 0 Å². The summed E-state index contributed by atoms with van der Waals surface area (Å²) < 4.78 is 44.7. The standard InChI is InChI=1S/C44H38F3N5O7/c45-44(46,47)30-13-15-31(16-14-30)59-36-11-4-8-28-24-29(12-17-32(28)36)40(55)50-25-27-7-3-6-26(22-27)23-38(54)49-21-2-1-20-48-34-10-5-9-33-39(34)43(58)52(42(33)57)35-18-19-37(53)51-41(35)56/h3-17,22,24,35,48H,1-2,18-21,23,25H2,(H,49,54)(H,50,55)(H,51,53,56). The quantitative estimate of drug-likeness (QED) is 0.0728. The van der Waals surface area contributed by atoms with Crippen LogP contribution in [0.3, 0.4) is 0 Å². The minimum Gasteiger partial charge on any atom is -0.457 e. The van der Waals surface area contributed by atoms with Gasteiger partial charge in [0.2, 0.25) is 17.7 Å². The maximum atomic E-state index is 13.3. The monoisotopic (exact) mass is 805 g/mol. The number of amides is 6. The summed E-state index contributed by atoms with van der Waals surface area (Å²) in [6, 6.07) is 25.9. The third kappa shape index (κ3) is 9.25. The second-order valence-electron chi connectivity index (χ2n) is 14.2. The van der Waals surface area contributed by atoms with Gasteiger partial charge in [-0.3, -0.25) is 39.0 Å². The topological polar surface area (TPSA) is 163 Å². The smallest absolute Gasteiger partial charge is 0.416 e. The van der Waals surface area contributed by atoms with Crippen molar-refractivity contribution in [3.63, 3.8) is 0 Å². The summed E-state index contributed by atoms with van der Waals surface area (Å²) in [4.78, 5) is 77.1. The molecule has 1 fully saturated rings. The largest absolute Gasteiger partial charge is 0.457 e. The Morgan fingerprint density at radius 3 is 2.32 bits per heavy atom. The average Bonchev–Trinajstić information content (AvgIpc) is 3.47. The van der Waals surface area contributed by atoms with E-state index in [1.807, 2.05) is 24.3 Å². The number of alkyl halides is 3. The summed E-state index contributed by atoms with van der Waals surface area (Å²) in [5.74, 6) is -2.08. The lowest BCUT2D eigenvalue weighted by Crippen LogP contribution is -2.54. The molecule has 59 heavy (non-hydrogen) atoms. The molecule has 0 spiro atoms. The van der Waals surface area contributed by atoms with Gasteiger partial charge in [-0.05, 0) is 96.4 Å². The van der Waals surface area contributed by atoms with Crippen LogP contribution in [0.25, 0.3) is 10.8 Å². The number of carbonyl (C=O) groups excluding carboxylic acids is 6. The van der Waals surface area contributed by atoms with Crippen molar-refractivity contribution in [1.82, 2.24) is 20.9 Å². The van der Waals surface area contributed by atoms with Crippen LogP contribution < -0.4 is 26.0 Å². The van der Waals surface area contributed by atoms with E-state index in [4.69, 9.17) is 4.74 Å². The first-order valence-corrected chi connectivity index (χ1v) is 18.9. The Morgan fingerprint density at radius 1 is 0.797 bits per heavy atom. The van der Waals surface area contributed by atoms with Crippen LogP contribution in [0.5, 0.6) is 11.5 Å². The first-order valence-electron chi connectivity index (χ1n) is 18.9. The molecule has 4 N–H and O–H groups in total. The summed E-state index contributed by atoms with van der Waals surface area (Å²) in [6.45, 7) is 1.09. The molecule has 0 aromatic heterocycles. The summed E-state index contributed by atoms with van der Waals surface area (Å²) in [5.41, 5.74) is 2.05. The molecule has 2 aliphatic heterocycles. The normalized spacial score (nSPS) is 15.2. The Hall–Kier alpha value is -7.03. The molecule has 1 saturated heterocycles. The number of carbonyl (C=O) groups is 6. The number of imide groups is 2. The van der Waals surface area contributed by atoms with Gasteiger partial charge in [0.1, 0.15) is 17.5 Å². The number of hydrogen-bond acceptors (Lipinski definition) is 8. The number of fused-ring (bicyclic) bond motifs is 2. The van der Waals surface area contributed by atoms with Gasteiger partial charge in [0, 0.05) is 42.7 Å². The summed E-state index contributed by atoms with van der Waals surface area (Å²) >= 11 is 0. The van der Waals surface area contributed by atoms with Crippen LogP contribution in [-0.2, 0) is 33.5 Å². The van der Waals surface area contributed by atoms with Gasteiger partial charge in [0.05, 0.1) is 23.1 Å². The van der Waals surface area contributed by atoms with Crippen molar-refractivity contribution in [3.8, 4) is 11.5 Å². The molecule has 0 radical (unpaired) electrons. The zero-order valence-electron chi connectivity index (χ0n) is 31.5. The predicted octanol–water partition coefficient (Wildman–Crippen LogP) is 6.53. The van der Waals surface area contributed by atoms with Gasteiger partial charge >= 0.3 is 6.18 Å². The fourth-order valence-corrected chi connectivity index (χ4v) is 7.07. The van der Waals surface area contributed by atoms with Gasteiger partial charge < -0.3 is 20.7 Å². The molecule has 302 valence electrons. The van der Waals surface area contributed by atoms with E-state index < -0.39 is 41.4 Å². The maximum absolute atomic E-state index is 13.3. The molecular formula is C44H38F3N5O7. The van der Waals surface area contributed by atoms with E-state index in [0.29, 0.717) is 53.7 Å². The Morgan fingerprint density at radius 2 is 1.54 bits per heavy atom. The second-order valence-corrected chi connectivity index (χ2v) is 14.2. The Balaban J connectivity index is 0.847. The maximum Gasteiger partial charge on any atom is 0.416 e. The molecule has 0 saturated carbocycles. The van der Waals surface area contributed by atoms with Crippen molar-refractivity contribution in [2.75, 3.05) is 18.4 Å². The van der Waals surface area contributed by atoms with Crippen molar-refractivity contribution in [3.05, 3.63) is 137 Å². The minimum atomic E-state index is -4.45. The number of halogens is 3. The first-order chi connectivity index (χ1) is 28.4. The highest BCUT2D eigenvalue weighted by Gasteiger charge is 2.45. The van der Waals surface area contributed by atoms with Crippen LogP contribution in [0, 0.1) is 0 Å². The number of hydrogen-bond donors (Lipinski definition) is 4. The predicted molar refractivity (Wildman–Crippen MR) is 211 cm³/mol. The molecule has 5 aromatic carbocycles. The molecule has 1 atom stereocenters. The molecule has 0 bridgehead atoms.